The Morgan fingerprint density at radius 2 is 2.12 bits per heavy atom. The van der Waals surface area contributed by atoms with E-state index < -0.39 is 5.41 Å². The van der Waals surface area contributed by atoms with Crippen LogP contribution in [0, 0.1) is 28.6 Å². The molecular weight excluding hydrogens is 218 g/mol. The van der Waals surface area contributed by atoms with Gasteiger partial charge in [0, 0.05) is 13.1 Å². The first-order valence-electron chi connectivity index (χ1n) is 5.98. The summed E-state index contributed by atoms with van der Waals surface area (Å²) in [6.07, 6.45) is 1.90. The largest absolute Gasteiger partial charge is 0.369 e. The molecule has 0 radical (unpaired) electrons. The quantitative estimate of drug-likeness (QED) is 0.744. The second-order valence-electron chi connectivity index (χ2n) is 5.35. The number of primary amides is 1. The van der Waals surface area contributed by atoms with Gasteiger partial charge < -0.3 is 10.6 Å². The molecule has 0 aromatic rings. The minimum absolute atomic E-state index is 0.109. The Bertz CT molecular complexity index is 393. The fraction of sp³-hybridized carbons (Fsp3) is 0.750. The first-order chi connectivity index (χ1) is 7.98. The van der Waals surface area contributed by atoms with E-state index in [0.29, 0.717) is 38.3 Å². The number of carbonyl (C=O) groups excluding carboxylic acids is 2. The highest BCUT2D eigenvalue weighted by Crippen LogP contribution is 2.46. The molecule has 0 spiro atoms. The molecule has 1 aliphatic heterocycles. The number of amides is 2. The molecule has 5 nitrogen and oxygen atoms in total. The summed E-state index contributed by atoms with van der Waals surface area (Å²) < 4.78 is 0. The molecule has 2 aliphatic rings. The van der Waals surface area contributed by atoms with E-state index in [1.54, 1.807) is 4.90 Å². The molecule has 17 heavy (non-hydrogen) atoms. The minimum atomic E-state index is -0.827. The molecule has 0 bridgehead atoms. The molecule has 1 saturated carbocycles. The van der Waals surface area contributed by atoms with E-state index in [1.165, 1.54) is 0 Å². The van der Waals surface area contributed by atoms with Crippen LogP contribution < -0.4 is 5.73 Å². The Morgan fingerprint density at radius 1 is 1.47 bits per heavy atom. The van der Waals surface area contributed by atoms with Gasteiger partial charge in [0.05, 0.1) is 12.0 Å². The van der Waals surface area contributed by atoms with Crippen LogP contribution in [0.5, 0.6) is 0 Å². The average molecular weight is 235 g/mol. The monoisotopic (exact) mass is 235 g/mol. The third kappa shape index (κ3) is 1.88. The molecule has 2 rings (SSSR count). The van der Waals surface area contributed by atoms with Crippen LogP contribution in [-0.4, -0.2) is 29.8 Å². The van der Waals surface area contributed by atoms with Crippen LogP contribution in [0.3, 0.4) is 0 Å². The molecule has 1 heterocycles. The highest BCUT2D eigenvalue weighted by Gasteiger charge is 2.51. The van der Waals surface area contributed by atoms with E-state index >= 15 is 0 Å². The lowest BCUT2D eigenvalue weighted by molar-refractivity contribution is -0.144. The number of hydrogen-bond acceptors (Lipinski definition) is 3. The summed E-state index contributed by atoms with van der Waals surface area (Å²) in [6.45, 7) is 2.97. The van der Waals surface area contributed by atoms with Gasteiger partial charge in [0.2, 0.25) is 11.8 Å². The Balaban J connectivity index is 2.03. The number of nitrogens with zero attached hydrogens (tertiary/aromatic N) is 2. The summed E-state index contributed by atoms with van der Waals surface area (Å²) in [5.74, 6) is -0.268. The standard InChI is InChI=1S/C12H17N3O2/c1-8-4-12(5-8,7-13)11(17)15-3-2-9(6-15)10(14)16/h8-9H,2-6H2,1H3,(H2,14,16). The zero-order valence-electron chi connectivity index (χ0n) is 9.98. The molecule has 2 amide bonds. The second-order valence-corrected chi connectivity index (χ2v) is 5.35. The zero-order chi connectivity index (χ0) is 12.6. The van der Waals surface area contributed by atoms with Crippen molar-refractivity contribution in [2.75, 3.05) is 13.1 Å². The van der Waals surface area contributed by atoms with Gasteiger partial charge in [-0.25, -0.2) is 0 Å². The van der Waals surface area contributed by atoms with Crippen molar-refractivity contribution in [3.05, 3.63) is 0 Å². The smallest absolute Gasteiger partial charge is 0.243 e. The van der Waals surface area contributed by atoms with Gasteiger partial charge in [-0.1, -0.05) is 6.92 Å². The minimum Gasteiger partial charge on any atom is -0.369 e. The Morgan fingerprint density at radius 3 is 2.53 bits per heavy atom. The molecule has 1 atom stereocenters. The van der Waals surface area contributed by atoms with Gasteiger partial charge in [-0.05, 0) is 25.2 Å². The molecule has 92 valence electrons. The first kappa shape index (κ1) is 11.9. The fourth-order valence-electron chi connectivity index (χ4n) is 2.92. The summed E-state index contributed by atoms with van der Waals surface area (Å²) in [5, 5.41) is 9.17. The lowest BCUT2D eigenvalue weighted by Crippen LogP contribution is -2.49. The van der Waals surface area contributed by atoms with Gasteiger partial charge in [-0.2, -0.15) is 5.26 Å². The predicted octanol–water partition coefficient (Wildman–Crippen LogP) is 0.260. The Kier molecular flexibility index (Phi) is 2.82. The van der Waals surface area contributed by atoms with Crippen molar-refractivity contribution in [2.45, 2.75) is 26.2 Å². The lowest BCUT2D eigenvalue weighted by Gasteiger charge is -2.41. The van der Waals surface area contributed by atoms with E-state index in [-0.39, 0.29) is 17.7 Å². The van der Waals surface area contributed by atoms with Crippen molar-refractivity contribution < 1.29 is 9.59 Å². The SMILES string of the molecule is CC1CC(C#N)(C(=O)N2CCC(C(N)=O)C2)C1. The maximum atomic E-state index is 12.2. The summed E-state index contributed by atoms with van der Waals surface area (Å²) in [6, 6.07) is 2.16. The number of rotatable bonds is 2. The van der Waals surface area contributed by atoms with Crippen molar-refractivity contribution in [1.82, 2.24) is 4.90 Å². The lowest BCUT2D eigenvalue weighted by atomic mass is 9.63. The predicted molar refractivity (Wildman–Crippen MR) is 60.3 cm³/mol. The second kappa shape index (κ2) is 4.02. The van der Waals surface area contributed by atoms with Crippen LogP contribution in [0.1, 0.15) is 26.2 Å². The van der Waals surface area contributed by atoms with Crippen LogP contribution in [0.25, 0.3) is 0 Å². The van der Waals surface area contributed by atoms with Crippen molar-refractivity contribution >= 4 is 11.8 Å². The molecule has 0 aromatic heterocycles. The number of carbonyl (C=O) groups is 2. The molecule has 1 unspecified atom stereocenters. The van der Waals surface area contributed by atoms with Crippen molar-refractivity contribution in [1.29, 1.82) is 5.26 Å². The molecule has 0 aromatic carbocycles. The van der Waals surface area contributed by atoms with E-state index in [4.69, 9.17) is 5.73 Å². The van der Waals surface area contributed by atoms with Gasteiger partial charge in [-0.15, -0.1) is 0 Å². The molecule has 2 N–H and O–H groups in total. The normalized spacial score (nSPS) is 36.1. The molecule has 2 fully saturated rings. The van der Waals surface area contributed by atoms with E-state index in [9.17, 15) is 14.9 Å². The van der Waals surface area contributed by atoms with Crippen LogP contribution in [0.2, 0.25) is 0 Å². The number of hydrogen-bond donors (Lipinski definition) is 1. The zero-order valence-corrected chi connectivity index (χ0v) is 9.98. The molecule has 1 saturated heterocycles. The van der Waals surface area contributed by atoms with Crippen molar-refractivity contribution in [3.63, 3.8) is 0 Å². The summed E-state index contributed by atoms with van der Waals surface area (Å²) in [4.78, 5) is 24.9. The molecule has 1 aliphatic carbocycles. The van der Waals surface area contributed by atoms with Crippen LogP contribution in [-0.2, 0) is 9.59 Å². The number of nitrogens with two attached hydrogens (primary N) is 1. The van der Waals surface area contributed by atoms with Gasteiger partial charge in [0.15, 0.2) is 0 Å². The molecular formula is C12H17N3O2. The van der Waals surface area contributed by atoms with Crippen LogP contribution >= 0.6 is 0 Å². The maximum Gasteiger partial charge on any atom is 0.243 e. The number of nitriles is 1. The Labute approximate surface area is 101 Å². The maximum absolute atomic E-state index is 12.2. The first-order valence-corrected chi connectivity index (χ1v) is 5.98. The fourth-order valence-corrected chi connectivity index (χ4v) is 2.92. The van der Waals surface area contributed by atoms with Crippen molar-refractivity contribution in [3.8, 4) is 6.07 Å². The van der Waals surface area contributed by atoms with Gasteiger partial charge >= 0.3 is 0 Å². The third-order valence-corrected chi connectivity index (χ3v) is 3.90. The topological polar surface area (TPSA) is 87.2 Å². The van der Waals surface area contributed by atoms with Crippen molar-refractivity contribution in [2.24, 2.45) is 23.0 Å². The van der Waals surface area contributed by atoms with Crippen LogP contribution in [0.4, 0.5) is 0 Å². The summed E-state index contributed by atoms with van der Waals surface area (Å²) in [7, 11) is 0. The van der Waals surface area contributed by atoms with Gasteiger partial charge in [-0.3, -0.25) is 9.59 Å². The van der Waals surface area contributed by atoms with E-state index in [1.807, 2.05) is 6.92 Å². The molecule has 5 heteroatoms. The highest BCUT2D eigenvalue weighted by atomic mass is 16.2. The average Bonchev–Trinajstić information content (AvgIpc) is 2.72. The summed E-state index contributed by atoms with van der Waals surface area (Å²) in [5.41, 5.74) is 4.40. The highest BCUT2D eigenvalue weighted by molar-refractivity contribution is 5.88. The van der Waals surface area contributed by atoms with Crippen LogP contribution in [0.15, 0.2) is 0 Å². The van der Waals surface area contributed by atoms with Gasteiger partial charge in [0.25, 0.3) is 0 Å². The van der Waals surface area contributed by atoms with E-state index in [2.05, 4.69) is 6.07 Å². The summed E-state index contributed by atoms with van der Waals surface area (Å²) >= 11 is 0. The number of likely N-dealkylation sites (tertiary alicyclic amines) is 1. The van der Waals surface area contributed by atoms with Gasteiger partial charge in [0.1, 0.15) is 5.41 Å². The Hall–Kier alpha value is -1.57. The van der Waals surface area contributed by atoms with E-state index in [0.717, 1.165) is 0 Å². The third-order valence-electron chi connectivity index (χ3n) is 3.90.